The highest BCUT2D eigenvalue weighted by molar-refractivity contribution is 6.29. The molecule has 0 aliphatic rings. The molecular weight excluding hydrogens is 254 g/mol. The van der Waals surface area contributed by atoms with E-state index in [2.05, 4.69) is 15.6 Å². The van der Waals surface area contributed by atoms with Crippen LogP contribution in [0.3, 0.4) is 0 Å². The molecule has 5 nitrogen and oxygen atoms in total. The number of carbonyl (C=O) groups is 2. The van der Waals surface area contributed by atoms with Gasteiger partial charge in [0.1, 0.15) is 5.15 Å². The summed E-state index contributed by atoms with van der Waals surface area (Å²) in [6, 6.07) is 3.23. The normalized spacial score (nSPS) is 10.2. The summed E-state index contributed by atoms with van der Waals surface area (Å²) in [7, 11) is 0. The lowest BCUT2D eigenvalue weighted by atomic mass is 10.2. The van der Waals surface area contributed by atoms with Gasteiger partial charge >= 0.3 is 0 Å². The van der Waals surface area contributed by atoms with Crippen molar-refractivity contribution in [1.82, 2.24) is 15.6 Å². The molecule has 0 unspecified atom stereocenters. The highest BCUT2D eigenvalue weighted by Gasteiger charge is 2.07. The molecule has 0 aliphatic carbocycles. The van der Waals surface area contributed by atoms with Crippen molar-refractivity contribution in [3.8, 4) is 0 Å². The molecule has 0 fully saturated rings. The second-order valence-corrected chi connectivity index (χ2v) is 4.48. The Balaban J connectivity index is 2.33. The Hall–Kier alpha value is -1.62. The first-order valence-corrected chi connectivity index (χ1v) is 6.06. The predicted molar refractivity (Wildman–Crippen MR) is 69.5 cm³/mol. The van der Waals surface area contributed by atoms with E-state index in [0.29, 0.717) is 17.3 Å². The molecule has 6 heteroatoms. The number of pyridine rings is 1. The van der Waals surface area contributed by atoms with Crippen molar-refractivity contribution in [2.75, 3.05) is 6.54 Å². The van der Waals surface area contributed by atoms with E-state index in [4.69, 9.17) is 11.6 Å². The smallest absolute Gasteiger partial charge is 0.252 e. The van der Waals surface area contributed by atoms with Crippen LogP contribution in [-0.2, 0) is 4.79 Å². The van der Waals surface area contributed by atoms with Gasteiger partial charge in [0.2, 0.25) is 5.91 Å². The summed E-state index contributed by atoms with van der Waals surface area (Å²) < 4.78 is 0. The SMILES string of the molecule is CC(C)NC(=O)CCNC(=O)c1ccc(Cl)nc1. The number of hydrogen-bond donors (Lipinski definition) is 2. The number of amides is 2. The van der Waals surface area contributed by atoms with Gasteiger partial charge in [0.05, 0.1) is 5.56 Å². The van der Waals surface area contributed by atoms with Crippen LogP contribution in [0.4, 0.5) is 0 Å². The van der Waals surface area contributed by atoms with Crippen LogP contribution in [0.25, 0.3) is 0 Å². The second-order valence-electron chi connectivity index (χ2n) is 4.10. The molecule has 1 rings (SSSR count). The van der Waals surface area contributed by atoms with Gasteiger partial charge in [-0.05, 0) is 26.0 Å². The first kappa shape index (κ1) is 14.4. The topological polar surface area (TPSA) is 71.1 Å². The average molecular weight is 270 g/mol. The molecule has 0 radical (unpaired) electrons. The fraction of sp³-hybridized carbons (Fsp3) is 0.417. The minimum atomic E-state index is -0.267. The number of carbonyl (C=O) groups excluding carboxylic acids is 2. The summed E-state index contributed by atoms with van der Waals surface area (Å²) >= 11 is 5.61. The molecule has 1 aromatic heterocycles. The maximum Gasteiger partial charge on any atom is 0.252 e. The zero-order valence-electron chi connectivity index (χ0n) is 10.4. The molecular formula is C12H16ClN3O2. The monoisotopic (exact) mass is 269 g/mol. The molecule has 0 atom stereocenters. The summed E-state index contributed by atoms with van der Waals surface area (Å²) in [6.07, 6.45) is 1.65. The summed E-state index contributed by atoms with van der Waals surface area (Å²) in [4.78, 5) is 26.8. The third-order valence-electron chi connectivity index (χ3n) is 2.08. The van der Waals surface area contributed by atoms with Crippen molar-refractivity contribution in [3.63, 3.8) is 0 Å². The number of hydrogen-bond acceptors (Lipinski definition) is 3. The number of nitrogens with zero attached hydrogens (tertiary/aromatic N) is 1. The molecule has 98 valence electrons. The van der Waals surface area contributed by atoms with Crippen LogP contribution < -0.4 is 10.6 Å². The van der Waals surface area contributed by atoms with Gasteiger partial charge in [0.15, 0.2) is 0 Å². The Morgan fingerprint density at radius 3 is 2.67 bits per heavy atom. The van der Waals surface area contributed by atoms with Gasteiger partial charge in [-0.2, -0.15) is 0 Å². The summed E-state index contributed by atoms with van der Waals surface area (Å²) in [5.41, 5.74) is 0.420. The summed E-state index contributed by atoms with van der Waals surface area (Å²) in [5.74, 6) is -0.351. The van der Waals surface area contributed by atoms with Crippen molar-refractivity contribution < 1.29 is 9.59 Å². The first-order valence-electron chi connectivity index (χ1n) is 5.68. The molecule has 0 aliphatic heterocycles. The van der Waals surface area contributed by atoms with E-state index in [0.717, 1.165) is 0 Å². The van der Waals surface area contributed by atoms with Crippen molar-refractivity contribution in [3.05, 3.63) is 29.0 Å². The van der Waals surface area contributed by atoms with Crippen molar-refractivity contribution in [2.24, 2.45) is 0 Å². The molecule has 0 saturated heterocycles. The molecule has 18 heavy (non-hydrogen) atoms. The number of aromatic nitrogens is 1. The molecule has 0 bridgehead atoms. The Morgan fingerprint density at radius 1 is 1.39 bits per heavy atom. The average Bonchev–Trinajstić information content (AvgIpc) is 2.28. The molecule has 0 aromatic carbocycles. The highest BCUT2D eigenvalue weighted by Crippen LogP contribution is 2.04. The van der Waals surface area contributed by atoms with Crippen molar-refractivity contribution in [1.29, 1.82) is 0 Å². The molecule has 2 N–H and O–H groups in total. The second kappa shape index (κ2) is 6.96. The highest BCUT2D eigenvalue weighted by atomic mass is 35.5. The number of rotatable bonds is 5. The van der Waals surface area contributed by atoms with E-state index >= 15 is 0 Å². The lowest BCUT2D eigenvalue weighted by molar-refractivity contribution is -0.121. The Morgan fingerprint density at radius 2 is 2.11 bits per heavy atom. The maximum atomic E-state index is 11.6. The van der Waals surface area contributed by atoms with Crippen LogP contribution in [-0.4, -0.2) is 29.4 Å². The zero-order chi connectivity index (χ0) is 13.5. The molecule has 0 saturated carbocycles. The third-order valence-corrected chi connectivity index (χ3v) is 2.30. The van der Waals surface area contributed by atoms with E-state index in [1.807, 2.05) is 13.8 Å². The lowest BCUT2D eigenvalue weighted by Crippen LogP contribution is -2.34. The molecule has 2 amide bonds. The van der Waals surface area contributed by atoms with Crippen LogP contribution in [0.2, 0.25) is 5.15 Å². The molecule has 0 spiro atoms. The predicted octanol–water partition coefficient (Wildman–Crippen LogP) is 1.38. The van der Waals surface area contributed by atoms with Crippen LogP contribution >= 0.6 is 11.6 Å². The third kappa shape index (κ3) is 5.14. The largest absolute Gasteiger partial charge is 0.354 e. The standard InChI is InChI=1S/C12H16ClN3O2/c1-8(2)16-11(17)5-6-14-12(18)9-3-4-10(13)15-7-9/h3-4,7-8H,5-6H2,1-2H3,(H,14,18)(H,16,17). The summed E-state index contributed by atoms with van der Waals surface area (Å²) in [6.45, 7) is 4.06. The van der Waals surface area contributed by atoms with E-state index in [1.54, 1.807) is 12.1 Å². The van der Waals surface area contributed by atoms with E-state index in [1.165, 1.54) is 6.20 Å². The summed E-state index contributed by atoms with van der Waals surface area (Å²) in [5, 5.41) is 5.72. The van der Waals surface area contributed by atoms with Crippen LogP contribution in [0, 0.1) is 0 Å². The maximum absolute atomic E-state index is 11.6. The van der Waals surface area contributed by atoms with Gasteiger partial charge < -0.3 is 10.6 Å². The lowest BCUT2D eigenvalue weighted by Gasteiger charge is -2.08. The fourth-order valence-corrected chi connectivity index (χ4v) is 1.41. The van der Waals surface area contributed by atoms with Gasteiger partial charge in [0.25, 0.3) is 5.91 Å². The zero-order valence-corrected chi connectivity index (χ0v) is 11.1. The van der Waals surface area contributed by atoms with Gasteiger partial charge in [-0.15, -0.1) is 0 Å². The molecule has 1 heterocycles. The fourth-order valence-electron chi connectivity index (χ4n) is 1.30. The molecule has 1 aromatic rings. The van der Waals surface area contributed by atoms with Gasteiger partial charge in [-0.1, -0.05) is 11.6 Å². The first-order chi connectivity index (χ1) is 8.49. The van der Waals surface area contributed by atoms with Crippen molar-refractivity contribution in [2.45, 2.75) is 26.3 Å². The minimum Gasteiger partial charge on any atom is -0.354 e. The Labute approximate surface area is 111 Å². The minimum absolute atomic E-state index is 0.0838. The Kier molecular flexibility index (Phi) is 5.58. The van der Waals surface area contributed by atoms with Gasteiger partial charge in [-0.3, -0.25) is 9.59 Å². The van der Waals surface area contributed by atoms with E-state index in [-0.39, 0.29) is 24.3 Å². The van der Waals surface area contributed by atoms with Gasteiger partial charge in [-0.25, -0.2) is 4.98 Å². The van der Waals surface area contributed by atoms with Gasteiger partial charge in [0, 0.05) is 25.2 Å². The number of nitrogens with one attached hydrogen (secondary N) is 2. The van der Waals surface area contributed by atoms with Crippen LogP contribution in [0.5, 0.6) is 0 Å². The number of halogens is 1. The van der Waals surface area contributed by atoms with Crippen molar-refractivity contribution >= 4 is 23.4 Å². The Bertz CT molecular complexity index is 418. The quantitative estimate of drug-likeness (QED) is 0.794. The van der Waals surface area contributed by atoms with E-state index in [9.17, 15) is 9.59 Å². The van der Waals surface area contributed by atoms with E-state index < -0.39 is 0 Å². The van der Waals surface area contributed by atoms with Crippen LogP contribution in [0.1, 0.15) is 30.6 Å². The van der Waals surface area contributed by atoms with Crippen LogP contribution in [0.15, 0.2) is 18.3 Å².